The molecule has 3 N–H and O–H groups in total. The Bertz CT molecular complexity index is 2950. The van der Waals surface area contributed by atoms with E-state index in [-0.39, 0.29) is 0 Å². The molecule has 7 aromatic carbocycles. The number of hydrogen-bond donors (Lipinski definition) is 2. The van der Waals surface area contributed by atoms with Crippen LogP contribution in [0.5, 0.6) is 0 Å². The maximum Gasteiger partial charge on any atom is 0.143 e. The summed E-state index contributed by atoms with van der Waals surface area (Å²) >= 11 is 1.77. The molecule has 5 nitrogen and oxygen atoms in total. The Balaban J connectivity index is 1.09. The van der Waals surface area contributed by atoms with E-state index in [9.17, 15) is 0 Å². The van der Waals surface area contributed by atoms with Crippen molar-refractivity contribution in [2.45, 2.75) is 12.7 Å². The summed E-state index contributed by atoms with van der Waals surface area (Å²) < 4.78 is 15.6. The van der Waals surface area contributed by atoms with Crippen LogP contribution in [0.3, 0.4) is 0 Å². The number of furan rings is 2. The van der Waals surface area contributed by atoms with E-state index in [1.54, 1.807) is 11.3 Å². The van der Waals surface area contributed by atoms with Gasteiger partial charge in [0.05, 0.1) is 0 Å². The number of rotatable bonds is 7. The van der Waals surface area contributed by atoms with E-state index in [1.165, 1.54) is 20.2 Å². The first-order valence-electron chi connectivity index (χ1n) is 17.1. The number of para-hydroxylation sites is 3. The second-order valence-corrected chi connectivity index (χ2v) is 14.0. The minimum Gasteiger partial charge on any atom is -0.456 e. The molecule has 0 radical (unpaired) electrons. The van der Waals surface area contributed by atoms with Crippen LogP contribution in [-0.2, 0) is 6.54 Å². The maximum absolute atomic E-state index is 6.87. The highest BCUT2D eigenvalue weighted by Crippen LogP contribution is 2.40. The van der Waals surface area contributed by atoms with Gasteiger partial charge in [-0.15, -0.1) is 11.3 Å². The predicted octanol–water partition coefficient (Wildman–Crippen LogP) is 11.7. The van der Waals surface area contributed by atoms with Crippen molar-refractivity contribution in [2.75, 3.05) is 0 Å². The monoisotopic (exact) mass is 677 g/mol. The summed E-state index contributed by atoms with van der Waals surface area (Å²) in [5.74, 6) is 0.466. The zero-order valence-electron chi connectivity index (χ0n) is 27.5. The first-order chi connectivity index (χ1) is 25.2. The second-order valence-electron chi connectivity index (χ2n) is 12.9. The van der Waals surface area contributed by atoms with Crippen molar-refractivity contribution in [3.8, 4) is 11.1 Å². The Hall–Kier alpha value is -6.21. The van der Waals surface area contributed by atoms with Crippen molar-refractivity contribution in [1.82, 2.24) is 5.32 Å². The van der Waals surface area contributed by atoms with Crippen molar-refractivity contribution < 1.29 is 8.83 Å². The molecule has 10 rings (SSSR count). The van der Waals surface area contributed by atoms with E-state index in [0.29, 0.717) is 12.4 Å². The molecule has 0 saturated carbocycles. The van der Waals surface area contributed by atoms with Crippen LogP contribution in [0.1, 0.15) is 22.9 Å². The molecule has 0 aliphatic rings. The number of hydrogen-bond acceptors (Lipinski definition) is 5. The second kappa shape index (κ2) is 12.0. The van der Waals surface area contributed by atoms with Crippen molar-refractivity contribution >= 4 is 81.2 Å². The quantitative estimate of drug-likeness (QED) is 0.130. The van der Waals surface area contributed by atoms with Crippen molar-refractivity contribution in [3.63, 3.8) is 0 Å². The van der Waals surface area contributed by atoms with Gasteiger partial charge in [-0.05, 0) is 41.5 Å². The van der Waals surface area contributed by atoms with Gasteiger partial charge in [-0.25, -0.2) is 4.99 Å². The number of amidine groups is 1. The van der Waals surface area contributed by atoms with Gasteiger partial charge < -0.3 is 14.6 Å². The molecule has 3 aromatic heterocycles. The summed E-state index contributed by atoms with van der Waals surface area (Å²) in [5, 5.41) is 10.5. The highest BCUT2D eigenvalue weighted by molar-refractivity contribution is 7.25. The standard InChI is InChI=1S/C45H31N3O2S/c46-44(29-21-23-34-33-13-5-7-19-40(33)51-41(34)25-29)48-45(47-26-27-10-2-1-3-11-27)37-17-9-16-36-35-15-8-14-30(42(35)50-43(36)37)28-20-22-32-31-12-4-6-18-38(31)49-39(32)24-28/h1-25,45,47H,26H2,(H2,46,48). The zero-order chi connectivity index (χ0) is 33.9. The van der Waals surface area contributed by atoms with Gasteiger partial charge in [-0.1, -0.05) is 121 Å². The van der Waals surface area contributed by atoms with Gasteiger partial charge in [-0.2, -0.15) is 0 Å². The Labute approximate surface area is 297 Å². The zero-order valence-corrected chi connectivity index (χ0v) is 28.3. The lowest BCUT2D eigenvalue weighted by molar-refractivity contribution is 0.547. The number of nitrogens with zero attached hydrogens (tertiary/aromatic N) is 1. The van der Waals surface area contributed by atoms with E-state index in [1.807, 2.05) is 36.4 Å². The van der Waals surface area contributed by atoms with E-state index < -0.39 is 6.17 Å². The minimum absolute atomic E-state index is 0.466. The predicted molar refractivity (Wildman–Crippen MR) is 213 cm³/mol. The van der Waals surface area contributed by atoms with E-state index in [0.717, 1.165) is 71.7 Å². The van der Waals surface area contributed by atoms with Crippen LogP contribution in [0, 0.1) is 0 Å². The summed E-state index contributed by atoms with van der Waals surface area (Å²) in [6.07, 6.45) is -0.470. The number of nitrogens with two attached hydrogens (primary N) is 1. The van der Waals surface area contributed by atoms with Crippen LogP contribution in [0.4, 0.5) is 0 Å². The molecule has 0 amide bonds. The third-order valence-corrected chi connectivity index (χ3v) is 11.0. The van der Waals surface area contributed by atoms with Crippen molar-refractivity contribution in [1.29, 1.82) is 0 Å². The molecule has 1 atom stereocenters. The number of thiophene rings is 1. The lowest BCUT2D eigenvalue weighted by Crippen LogP contribution is -2.24. The molecule has 6 heteroatoms. The average molecular weight is 678 g/mol. The van der Waals surface area contributed by atoms with Gasteiger partial charge >= 0.3 is 0 Å². The molecule has 1 unspecified atom stereocenters. The largest absolute Gasteiger partial charge is 0.456 e. The van der Waals surface area contributed by atoms with E-state index in [4.69, 9.17) is 19.6 Å². The van der Waals surface area contributed by atoms with Gasteiger partial charge in [-0.3, -0.25) is 5.32 Å². The molecule has 3 heterocycles. The van der Waals surface area contributed by atoms with Gasteiger partial charge in [0.15, 0.2) is 0 Å². The van der Waals surface area contributed by atoms with Crippen LogP contribution >= 0.6 is 11.3 Å². The Morgan fingerprint density at radius 1 is 0.588 bits per heavy atom. The molecule has 0 spiro atoms. The first-order valence-corrected chi connectivity index (χ1v) is 17.9. The van der Waals surface area contributed by atoms with E-state index in [2.05, 4.69) is 121 Å². The molecular formula is C45H31N3O2S. The summed E-state index contributed by atoms with van der Waals surface area (Å²) in [6.45, 7) is 0.608. The third kappa shape index (κ3) is 5.07. The summed E-state index contributed by atoms with van der Waals surface area (Å²) in [7, 11) is 0. The number of fused-ring (bicyclic) bond motifs is 9. The summed E-state index contributed by atoms with van der Waals surface area (Å²) in [5.41, 5.74) is 15.2. The van der Waals surface area contributed by atoms with Crippen LogP contribution in [0.25, 0.3) is 75.2 Å². The Kier molecular flexibility index (Phi) is 6.98. The fourth-order valence-corrected chi connectivity index (χ4v) is 8.46. The van der Waals surface area contributed by atoms with Crippen LogP contribution in [0.2, 0.25) is 0 Å². The topological polar surface area (TPSA) is 76.7 Å². The van der Waals surface area contributed by atoms with Crippen LogP contribution in [-0.4, -0.2) is 5.84 Å². The normalized spacial score (nSPS) is 13.0. The van der Waals surface area contributed by atoms with Gasteiger partial charge in [0.25, 0.3) is 0 Å². The van der Waals surface area contributed by atoms with Crippen molar-refractivity contribution in [2.24, 2.45) is 10.7 Å². The van der Waals surface area contributed by atoms with Crippen molar-refractivity contribution in [3.05, 3.63) is 168 Å². The molecule has 51 heavy (non-hydrogen) atoms. The van der Waals surface area contributed by atoms with Crippen LogP contribution in [0.15, 0.2) is 165 Å². The number of nitrogens with one attached hydrogen (secondary N) is 1. The minimum atomic E-state index is -0.470. The molecule has 10 aromatic rings. The Morgan fingerprint density at radius 3 is 2.20 bits per heavy atom. The highest BCUT2D eigenvalue weighted by atomic mass is 32.1. The first kappa shape index (κ1) is 29.7. The average Bonchev–Trinajstić information content (AvgIpc) is 3.87. The number of benzene rings is 7. The molecule has 0 saturated heterocycles. The van der Waals surface area contributed by atoms with E-state index >= 15 is 0 Å². The number of aliphatic imine (C=N–C) groups is 1. The SMILES string of the molecule is NC(=NC(NCc1ccccc1)c1cccc2c1oc1c(-c3ccc4c(c3)oc3ccccc34)cccc12)c1ccc2c(c1)sc1ccccc12. The molecule has 0 bridgehead atoms. The molecular weight excluding hydrogens is 647 g/mol. The maximum atomic E-state index is 6.87. The third-order valence-electron chi connectivity index (χ3n) is 9.82. The lowest BCUT2D eigenvalue weighted by atomic mass is 10.0. The van der Waals surface area contributed by atoms with Gasteiger partial charge in [0.2, 0.25) is 0 Å². The lowest BCUT2D eigenvalue weighted by Gasteiger charge is -2.17. The highest BCUT2D eigenvalue weighted by Gasteiger charge is 2.21. The summed E-state index contributed by atoms with van der Waals surface area (Å²) in [4.78, 5) is 5.16. The van der Waals surface area contributed by atoms with Gasteiger partial charge in [0.1, 0.15) is 34.3 Å². The smallest absolute Gasteiger partial charge is 0.143 e. The fourth-order valence-electron chi connectivity index (χ4n) is 7.31. The summed E-state index contributed by atoms with van der Waals surface area (Å²) in [6, 6.07) is 52.4. The molecule has 0 aliphatic carbocycles. The van der Waals surface area contributed by atoms with Gasteiger partial charge in [0, 0.05) is 65.0 Å². The molecule has 0 aliphatic heterocycles. The fraction of sp³-hybridized carbons (Fsp3) is 0.0444. The molecule has 0 fully saturated rings. The molecule has 244 valence electrons. The Morgan fingerprint density at radius 2 is 1.29 bits per heavy atom. The van der Waals surface area contributed by atoms with Crippen LogP contribution < -0.4 is 11.1 Å².